The van der Waals surface area contributed by atoms with Crippen molar-refractivity contribution in [2.75, 3.05) is 19.7 Å². The molecule has 8 heteroatoms. The van der Waals surface area contributed by atoms with Gasteiger partial charge in [0.05, 0.1) is 11.5 Å². The molecule has 3 rings (SSSR count). The van der Waals surface area contributed by atoms with Gasteiger partial charge in [-0.1, -0.05) is 30.3 Å². The van der Waals surface area contributed by atoms with E-state index in [0.717, 1.165) is 22.2 Å². The van der Waals surface area contributed by atoms with E-state index in [9.17, 15) is 19.5 Å². The van der Waals surface area contributed by atoms with Crippen molar-refractivity contribution in [3.8, 4) is 0 Å². The van der Waals surface area contributed by atoms with Crippen LogP contribution in [0.1, 0.15) is 17.1 Å². The van der Waals surface area contributed by atoms with E-state index in [1.807, 2.05) is 30.3 Å². The maximum atomic E-state index is 12.7. The van der Waals surface area contributed by atoms with Crippen molar-refractivity contribution >= 4 is 34.9 Å². The topological polar surface area (TPSA) is 91.1 Å². The van der Waals surface area contributed by atoms with Gasteiger partial charge in [0.1, 0.15) is 18.1 Å². The monoisotopic (exact) mass is 400 g/mol. The molecule has 7 nitrogen and oxygen atoms in total. The summed E-state index contributed by atoms with van der Waals surface area (Å²) in [5.74, 6) is 0.234. The lowest BCUT2D eigenvalue weighted by Gasteiger charge is -2.24. The summed E-state index contributed by atoms with van der Waals surface area (Å²) in [5.41, 5.74) is 0.895. The highest BCUT2D eigenvalue weighted by molar-refractivity contribution is 8.18. The maximum Gasteiger partial charge on any atom is 0.294 e. The second kappa shape index (κ2) is 8.90. The van der Waals surface area contributed by atoms with Crippen LogP contribution in [0.4, 0.5) is 4.79 Å². The van der Waals surface area contributed by atoms with Crippen LogP contribution in [-0.2, 0) is 16.1 Å². The molecule has 0 aliphatic carbocycles. The van der Waals surface area contributed by atoms with E-state index in [1.165, 1.54) is 11.0 Å². The molecule has 0 bridgehead atoms. The molecule has 0 saturated carbocycles. The molecule has 0 radical (unpaired) electrons. The Hall–Kier alpha value is -2.84. The quantitative estimate of drug-likeness (QED) is 0.719. The van der Waals surface area contributed by atoms with Crippen LogP contribution >= 0.6 is 11.8 Å². The Morgan fingerprint density at radius 3 is 2.61 bits per heavy atom. The summed E-state index contributed by atoms with van der Waals surface area (Å²) < 4.78 is 5.41. The van der Waals surface area contributed by atoms with Crippen LogP contribution in [-0.4, -0.2) is 51.7 Å². The molecule has 1 N–H and O–H groups in total. The van der Waals surface area contributed by atoms with Crippen LogP contribution in [0.5, 0.6) is 0 Å². The van der Waals surface area contributed by atoms with Gasteiger partial charge in [0.15, 0.2) is 0 Å². The van der Waals surface area contributed by atoms with Crippen LogP contribution in [0.15, 0.2) is 51.8 Å². The zero-order valence-corrected chi connectivity index (χ0v) is 16.1. The fourth-order valence-electron chi connectivity index (χ4n) is 2.75. The van der Waals surface area contributed by atoms with Gasteiger partial charge in [0.2, 0.25) is 5.91 Å². The van der Waals surface area contributed by atoms with Crippen molar-refractivity contribution < 1.29 is 23.9 Å². The van der Waals surface area contributed by atoms with Crippen molar-refractivity contribution in [3.63, 3.8) is 0 Å². The van der Waals surface area contributed by atoms with Gasteiger partial charge in [-0.15, -0.1) is 0 Å². The van der Waals surface area contributed by atoms with Gasteiger partial charge < -0.3 is 14.4 Å². The highest BCUT2D eigenvalue weighted by Gasteiger charge is 2.37. The van der Waals surface area contributed by atoms with Gasteiger partial charge >= 0.3 is 0 Å². The molecule has 3 amide bonds. The number of nitrogens with zero attached hydrogens (tertiary/aromatic N) is 2. The molecule has 2 aromatic rings. The van der Waals surface area contributed by atoms with E-state index in [-0.39, 0.29) is 31.1 Å². The molecule has 0 atom stereocenters. The Bertz CT molecular complexity index is 906. The third-order valence-corrected chi connectivity index (χ3v) is 5.05. The third kappa shape index (κ3) is 4.71. The molecule has 146 valence electrons. The number of benzene rings is 1. The third-order valence-electron chi connectivity index (χ3n) is 4.14. The second-order valence-electron chi connectivity index (χ2n) is 6.24. The summed E-state index contributed by atoms with van der Waals surface area (Å²) >= 11 is 0.775. The molecule has 1 fully saturated rings. The molecule has 1 aromatic heterocycles. The van der Waals surface area contributed by atoms with Crippen molar-refractivity contribution in [2.24, 2.45) is 0 Å². The summed E-state index contributed by atoms with van der Waals surface area (Å²) in [6.45, 7) is 1.61. The van der Waals surface area contributed by atoms with Crippen LogP contribution in [0.3, 0.4) is 0 Å². The Kier molecular flexibility index (Phi) is 6.33. The zero-order valence-electron chi connectivity index (χ0n) is 15.3. The first kappa shape index (κ1) is 19.9. The summed E-state index contributed by atoms with van der Waals surface area (Å²) in [6, 6.07) is 12.8. The van der Waals surface area contributed by atoms with Gasteiger partial charge in [-0.05, 0) is 36.4 Å². The normalized spacial score (nSPS) is 15.5. The van der Waals surface area contributed by atoms with E-state index >= 15 is 0 Å². The zero-order chi connectivity index (χ0) is 20.1. The number of carbonyl (C=O) groups is 3. The number of aryl methyl sites for hydroxylation is 1. The molecule has 28 heavy (non-hydrogen) atoms. The Balaban J connectivity index is 1.70. The van der Waals surface area contributed by atoms with Crippen LogP contribution in [0, 0.1) is 6.92 Å². The summed E-state index contributed by atoms with van der Waals surface area (Å²) in [7, 11) is 0. The number of carbonyl (C=O) groups excluding carboxylic acids is 3. The number of aliphatic hydroxyl groups excluding tert-OH is 1. The Morgan fingerprint density at radius 2 is 1.96 bits per heavy atom. The van der Waals surface area contributed by atoms with Crippen LogP contribution < -0.4 is 0 Å². The fourth-order valence-corrected chi connectivity index (χ4v) is 3.57. The number of imide groups is 1. The molecule has 0 spiro atoms. The summed E-state index contributed by atoms with van der Waals surface area (Å²) in [4.78, 5) is 40.0. The first-order valence-electron chi connectivity index (χ1n) is 8.72. The fraction of sp³-hybridized carbons (Fsp3) is 0.250. The van der Waals surface area contributed by atoms with Gasteiger partial charge in [0.25, 0.3) is 11.1 Å². The molecular weight excluding hydrogens is 380 g/mol. The highest BCUT2D eigenvalue weighted by Crippen LogP contribution is 2.32. The number of hydrogen-bond donors (Lipinski definition) is 1. The second-order valence-corrected chi connectivity index (χ2v) is 7.23. The molecule has 2 heterocycles. The first-order valence-corrected chi connectivity index (χ1v) is 9.54. The molecular formula is C20H20N2O5S. The largest absolute Gasteiger partial charge is 0.462 e. The maximum absolute atomic E-state index is 12.7. The molecule has 1 saturated heterocycles. The number of amides is 3. The number of rotatable bonds is 7. The average molecular weight is 400 g/mol. The Labute approximate surface area is 166 Å². The lowest BCUT2D eigenvalue weighted by molar-refractivity contribution is -0.136. The lowest BCUT2D eigenvalue weighted by atomic mass is 10.2. The summed E-state index contributed by atoms with van der Waals surface area (Å²) in [5, 5.41) is 8.77. The minimum Gasteiger partial charge on any atom is -0.462 e. The van der Waals surface area contributed by atoms with Crippen LogP contribution in [0.2, 0.25) is 0 Å². The van der Waals surface area contributed by atoms with E-state index in [4.69, 9.17) is 4.42 Å². The Morgan fingerprint density at radius 1 is 1.21 bits per heavy atom. The average Bonchev–Trinajstić information content (AvgIpc) is 3.20. The standard InChI is InChI=1S/C20H20N2O5S/c1-14-7-8-16(27-14)11-17-19(25)22(20(26)28-17)13-18(24)21(9-10-23)12-15-5-3-2-4-6-15/h2-8,11,23H,9-10,12-13H2,1H3/b17-11-. The predicted octanol–water partition coefficient (Wildman–Crippen LogP) is 2.65. The van der Waals surface area contributed by atoms with E-state index < -0.39 is 17.1 Å². The molecule has 1 aliphatic rings. The van der Waals surface area contributed by atoms with E-state index in [2.05, 4.69) is 0 Å². The number of thioether (sulfide) groups is 1. The van der Waals surface area contributed by atoms with Crippen LogP contribution in [0.25, 0.3) is 6.08 Å². The molecule has 0 unspecified atom stereocenters. The molecule has 1 aromatic carbocycles. The number of furan rings is 1. The van der Waals surface area contributed by atoms with Gasteiger partial charge in [0, 0.05) is 19.2 Å². The minimum absolute atomic E-state index is 0.117. The highest BCUT2D eigenvalue weighted by atomic mass is 32.2. The number of hydrogen-bond acceptors (Lipinski definition) is 6. The number of aliphatic hydroxyl groups is 1. The first-order chi connectivity index (χ1) is 13.5. The predicted molar refractivity (Wildman–Crippen MR) is 105 cm³/mol. The molecule has 1 aliphatic heterocycles. The lowest BCUT2D eigenvalue weighted by Crippen LogP contribution is -2.42. The van der Waals surface area contributed by atoms with Crippen molar-refractivity contribution in [1.29, 1.82) is 0 Å². The van der Waals surface area contributed by atoms with Crippen molar-refractivity contribution in [2.45, 2.75) is 13.5 Å². The minimum atomic E-state index is -0.527. The summed E-state index contributed by atoms with van der Waals surface area (Å²) in [6.07, 6.45) is 1.50. The van der Waals surface area contributed by atoms with E-state index in [0.29, 0.717) is 11.5 Å². The van der Waals surface area contributed by atoms with E-state index in [1.54, 1.807) is 19.1 Å². The SMILES string of the molecule is Cc1ccc(/C=C2\SC(=O)N(CC(=O)N(CCO)Cc3ccccc3)C2=O)o1. The van der Waals surface area contributed by atoms with Gasteiger partial charge in [-0.2, -0.15) is 0 Å². The van der Waals surface area contributed by atoms with Gasteiger partial charge in [-0.3, -0.25) is 19.3 Å². The smallest absolute Gasteiger partial charge is 0.294 e. The van der Waals surface area contributed by atoms with Crippen molar-refractivity contribution in [1.82, 2.24) is 9.80 Å². The van der Waals surface area contributed by atoms with Crippen molar-refractivity contribution in [3.05, 3.63) is 64.5 Å². The van der Waals surface area contributed by atoms with Gasteiger partial charge in [-0.25, -0.2) is 0 Å².